The second-order valence-corrected chi connectivity index (χ2v) is 5.97. The SMILES string of the molecule is COc1ccc(NC(=O)CSc2nc(N)nc3nc[nH]c23)c(C)c1. The number of aromatic nitrogens is 4. The number of benzene rings is 1. The summed E-state index contributed by atoms with van der Waals surface area (Å²) in [6.45, 7) is 1.91. The van der Waals surface area contributed by atoms with Crippen molar-refractivity contribution < 1.29 is 9.53 Å². The van der Waals surface area contributed by atoms with Crippen molar-refractivity contribution in [2.75, 3.05) is 23.9 Å². The number of thioether (sulfide) groups is 1. The summed E-state index contributed by atoms with van der Waals surface area (Å²) in [4.78, 5) is 27.4. The lowest BCUT2D eigenvalue weighted by Gasteiger charge is -2.10. The summed E-state index contributed by atoms with van der Waals surface area (Å²) in [6, 6.07) is 5.48. The highest BCUT2D eigenvalue weighted by molar-refractivity contribution is 8.00. The lowest BCUT2D eigenvalue weighted by atomic mass is 10.2. The fraction of sp³-hybridized carbons (Fsp3) is 0.200. The van der Waals surface area contributed by atoms with Crippen molar-refractivity contribution in [3.05, 3.63) is 30.1 Å². The number of hydrogen-bond donors (Lipinski definition) is 3. The maximum Gasteiger partial charge on any atom is 0.234 e. The van der Waals surface area contributed by atoms with Crippen LogP contribution in [0, 0.1) is 6.92 Å². The first-order chi connectivity index (χ1) is 11.6. The van der Waals surface area contributed by atoms with Gasteiger partial charge in [-0.2, -0.15) is 4.98 Å². The van der Waals surface area contributed by atoms with E-state index in [2.05, 4.69) is 25.3 Å². The topological polar surface area (TPSA) is 119 Å². The zero-order chi connectivity index (χ0) is 17.1. The largest absolute Gasteiger partial charge is 0.497 e. The van der Waals surface area contributed by atoms with Gasteiger partial charge in [-0.25, -0.2) is 9.97 Å². The van der Waals surface area contributed by atoms with Gasteiger partial charge in [0.2, 0.25) is 11.9 Å². The monoisotopic (exact) mass is 344 g/mol. The molecule has 0 fully saturated rings. The highest BCUT2D eigenvalue weighted by Crippen LogP contribution is 2.25. The number of fused-ring (bicyclic) bond motifs is 1. The molecule has 1 aromatic carbocycles. The van der Waals surface area contributed by atoms with Crippen LogP contribution in [0.4, 0.5) is 11.6 Å². The number of aryl methyl sites for hydroxylation is 1. The maximum absolute atomic E-state index is 12.2. The normalized spacial score (nSPS) is 10.8. The number of imidazole rings is 1. The van der Waals surface area contributed by atoms with Crippen LogP contribution in [0.25, 0.3) is 11.2 Å². The number of aromatic amines is 1. The Morgan fingerprint density at radius 1 is 1.42 bits per heavy atom. The zero-order valence-electron chi connectivity index (χ0n) is 13.2. The van der Waals surface area contributed by atoms with Crippen LogP contribution < -0.4 is 15.8 Å². The second kappa shape index (κ2) is 6.75. The van der Waals surface area contributed by atoms with Gasteiger partial charge in [0.25, 0.3) is 0 Å². The molecule has 0 radical (unpaired) electrons. The van der Waals surface area contributed by atoms with Crippen LogP contribution in [-0.2, 0) is 4.79 Å². The smallest absolute Gasteiger partial charge is 0.234 e. The van der Waals surface area contributed by atoms with Crippen LogP contribution in [-0.4, -0.2) is 38.7 Å². The summed E-state index contributed by atoms with van der Waals surface area (Å²) in [5, 5.41) is 3.47. The molecule has 0 aliphatic rings. The highest BCUT2D eigenvalue weighted by atomic mass is 32.2. The van der Waals surface area contributed by atoms with Crippen LogP contribution in [0.15, 0.2) is 29.6 Å². The number of nitrogens with two attached hydrogens (primary N) is 1. The number of ether oxygens (including phenoxy) is 1. The van der Waals surface area contributed by atoms with Crippen LogP contribution in [0.3, 0.4) is 0 Å². The first-order valence-corrected chi connectivity index (χ1v) is 8.09. The number of nitrogen functional groups attached to an aromatic ring is 1. The predicted octanol–water partition coefficient (Wildman–Crippen LogP) is 1.98. The molecule has 0 bridgehead atoms. The summed E-state index contributed by atoms with van der Waals surface area (Å²) in [5.74, 6) is 0.926. The minimum atomic E-state index is -0.141. The summed E-state index contributed by atoms with van der Waals surface area (Å²) >= 11 is 1.27. The summed E-state index contributed by atoms with van der Waals surface area (Å²) in [7, 11) is 1.60. The predicted molar refractivity (Wildman–Crippen MR) is 93.2 cm³/mol. The Hall–Kier alpha value is -2.81. The zero-order valence-corrected chi connectivity index (χ0v) is 14.0. The van der Waals surface area contributed by atoms with E-state index in [1.807, 2.05) is 19.1 Å². The Bertz CT molecular complexity index is 895. The number of hydrogen-bond acceptors (Lipinski definition) is 7. The molecule has 0 saturated carbocycles. The van der Waals surface area contributed by atoms with Crippen molar-refractivity contribution in [1.82, 2.24) is 19.9 Å². The van der Waals surface area contributed by atoms with E-state index < -0.39 is 0 Å². The molecule has 0 aliphatic carbocycles. The van der Waals surface area contributed by atoms with Gasteiger partial charge in [-0.1, -0.05) is 11.8 Å². The van der Waals surface area contributed by atoms with Gasteiger partial charge in [-0.05, 0) is 30.7 Å². The van der Waals surface area contributed by atoms with E-state index in [1.54, 1.807) is 13.2 Å². The van der Waals surface area contributed by atoms with E-state index in [0.717, 1.165) is 17.0 Å². The summed E-state index contributed by atoms with van der Waals surface area (Å²) in [6.07, 6.45) is 1.52. The Morgan fingerprint density at radius 3 is 3.00 bits per heavy atom. The van der Waals surface area contributed by atoms with Gasteiger partial charge in [-0.15, -0.1) is 0 Å². The van der Waals surface area contributed by atoms with Crippen LogP contribution in [0.2, 0.25) is 0 Å². The van der Waals surface area contributed by atoms with Gasteiger partial charge in [0.15, 0.2) is 5.65 Å². The van der Waals surface area contributed by atoms with E-state index in [9.17, 15) is 4.79 Å². The minimum absolute atomic E-state index is 0.128. The van der Waals surface area contributed by atoms with Gasteiger partial charge in [0.1, 0.15) is 16.3 Å². The molecular formula is C15H16N6O2S. The standard InChI is InChI=1S/C15H16N6O2S/c1-8-5-9(23-2)3-4-10(8)19-11(22)6-24-14-12-13(18-7-17-12)20-15(16)21-14/h3-5,7H,6H2,1-2H3,(H,19,22)(H3,16,17,18,20,21). The number of H-pyrrole nitrogens is 1. The third kappa shape index (κ3) is 3.40. The Balaban J connectivity index is 1.68. The molecule has 3 rings (SSSR count). The van der Waals surface area contributed by atoms with E-state index in [0.29, 0.717) is 16.2 Å². The summed E-state index contributed by atoms with van der Waals surface area (Å²) < 4.78 is 5.15. The molecule has 1 amide bonds. The molecule has 8 nitrogen and oxygen atoms in total. The molecule has 0 atom stereocenters. The summed E-state index contributed by atoms with van der Waals surface area (Å²) in [5.41, 5.74) is 8.48. The lowest BCUT2D eigenvalue weighted by Crippen LogP contribution is -2.15. The van der Waals surface area contributed by atoms with Crippen molar-refractivity contribution >= 4 is 40.5 Å². The number of rotatable bonds is 5. The average molecular weight is 344 g/mol. The van der Waals surface area contributed by atoms with Crippen LogP contribution in [0.5, 0.6) is 5.75 Å². The number of carbonyl (C=O) groups is 1. The Labute approximate surface area is 142 Å². The number of amides is 1. The van der Waals surface area contributed by atoms with Crippen LogP contribution in [0.1, 0.15) is 5.56 Å². The first kappa shape index (κ1) is 16.1. The number of methoxy groups -OCH3 is 1. The maximum atomic E-state index is 12.2. The molecule has 2 aromatic heterocycles. The van der Waals surface area contributed by atoms with Crippen molar-refractivity contribution in [1.29, 1.82) is 0 Å². The fourth-order valence-corrected chi connectivity index (χ4v) is 2.94. The van der Waals surface area contributed by atoms with Crippen molar-refractivity contribution in [2.45, 2.75) is 11.9 Å². The van der Waals surface area contributed by atoms with Gasteiger partial charge in [0, 0.05) is 5.69 Å². The highest BCUT2D eigenvalue weighted by Gasteiger charge is 2.12. The molecule has 24 heavy (non-hydrogen) atoms. The van der Waals surface area contributed by atoms with Gasteiger partial charge >= 0.3 is 0 Å². The molecule has 4 N–H and O–H groups in total. The lowest BCUT2D eigenvalue weighted by molar-refractivity contribution is -0.113. The first-order valence-electron chi connectivity index (χ1n) is 7.10. The second-order valence-electron chi connectivity index (χ2n) is 5.01. The fourth-order valence-electron chi connectivity index (χ4n) is 2.15. The molecule has 9 heteroatoms. The van der Waals surface area contributed by atoms with Crippen molar-refractivity contribution in [3.63, 3.8) is 0 Å². The van der Waals surface area contributed by atoms with E-state index in [1.165, 1.54) is 18.1 Å². The Kier molecular flexibility index (Phi) is 4.52. The minimum Gasteiger partial charge on any atom is -0.497 e. The molecule has 2 heterocycles. The van der Waals surface area contributed by atoms with Gasteiger partial charge in [-0.3, -0.25) is 4.79 Å². The van der Waals surface area contributed by atoms with E-state index in [4.69, 9.17) is 10.5 Å². The molecule has 0 saturated heterocycles. The molecular weight excluding hydrogens is 328 g/mol. The quantitative estimate of drug-likeness (QED) is 0.478. The average Bonchev–Trinajstić information content (AvgIpc) is 3.02. The van der Waals surface area contributed by atoms with Crippen molar-refractivity contribution in [2.24, 2.45) is 0 Å². The number of nitrogens with one attached hydrogen (secondary N) is 2. The molecule has 3 aromatic rings. The number of carbonyl (C=O) groups excluding carboxylic acids is 1. The Morgan fingerprint density at radius 2 is 2.25 bits per heavy atom. The van der Waals surface area contributed by atoms with E-state index in [-0.39, 0.29) is 17.6 Å². The molecule has 0 aliphatic heterocycles. The van der Waals surface area contributed by atoms with Gasteiger partial charge in [0.05, 0.1) is 19.2 Å². The third-order valence-electron chi connectivity index (χ3n) is 3.32. The molecule has 124 valence electrons. The molecule has 0 spiro atoms. The van der Waals surface area contributed by atoms with Crippen LogP contribution >= 0.6 is 11.8 Å². The molecule has 0 unspecified atom stereocenters. The van der Waals surface area contributed by atoms with Gasteiger partial charge < -0.3 is 20.8 Å². The van der Waals surface area contributed by atoms with Crippen molar-refractivity contribution in [3.8, 4) is 5.75 Å². The third-order valence-corrected chi connectivity index (χ3v) is 4.29. The number of anilines is 2. The number of nitrogens with zero attached hydrogens (tertiary/aromatic N) is 3. The van der Waals surface area contributed by atoms with E-state index >= 15 is 0 Å².